The van der Waals surface area contributed by atoms with Gasteiger partial charge in [-0.15, -0.1) is 11.3 Å². The number of hydrogen-bond donors (Lipinski definition) is 3. The zero-order chi connectivity index (χ0) is 15.5. The van der Waals surface area contributed by atoms with Crippen molar-refractivity contribution in [1.82, 2.24) is 15.3 Å². The summed E-state index contributed by atoms with van der Waals surface area (Å²) in [5.74, 6) is -0.203. The quantitative estimate of drug-likeness (QED) is 0.768. The molecular formula is C15H21N3O2S. The van der Waals surface area contributed by atoms with Gasteiger partial charge in [-0.2, -0.15) is 0 Å². The maximum absolute atomic E-state index is 12.3. The lowest BCUT2D eigenvalue weighted by Crippen LogP contribution is -2.50. The molecule has 0 aromatic carbocycles. The number of aromatic nitrogens is 2. The van der Waals surface area contributed by atoms with Gasteiger partial charge in [0.2, 0.25) is 0 Å². The molecule has 0 fully saturated rings. The Morgan fingerprint density at radius 3 is 2.71 bits per heavy atom. The molecule has 2 aromatic heterocycles. The summed E-state index contributed by atoms with van der Waals surface area (Å²) in [6, 6.07) is 1.79. The molecule has 1 amide bonds. The lowest BCUT2D eigenvalue weighted by Gasteiger charge is -2.30. The van der Waals surface area contributed by atoms with Crippen LogP contribution in [0.15, 0.2) is 17.6 Å². The van der Waals surface area contributed by atoms with E-state index in [-0.39, 0.29) is 12.5 Å². The molecule has 0 radical (unpaired) electrons. The molecule has 5 nitrogen and oxygen atoms in total. The highest BCUT2D eigenvalue weighted by Crippen LogP contribution is 2.23. The van der Waals surface area contributed by atoms with Gasteiger partial charge in [-0.05, 0) is 25.8 Å². The van der Waals surface area contributed by atoms with Crippen LogP contribution in [0.1, 0.15) is 42.2 Å². The van der Waals surface area contributed by atoms with Crippen LogP contribution in [0.25, 0.3) is 11.3 Å². The SMILES string of the molecule is CCC(CC)(CO)NC(=O)c1cc(-c2csc(C)n2)c[nH]1. The van der Waals surface area contributed by atoms with Crippen LogP contribution in [0.4, 0.5) is 0 Å². The molecule has 2 rings (SSSR count). The molecule has 0 atom stereocenters. The number of carbonyl (C=O) groups is 1. The topological polar surface area (TPSA) is 78.0 Å². The first-order chi connectivity index (χ1) is 10.0. The van der Waals surface area contributed by atoms with Crippen molar-refractivity contribution in [1.29, 1.82) is 0 Å². The molecule has 0 unspecified atom stereocenters. The second-order valence-corrected chi connectivity index (χ2v) is 6.22. The van der Waals surface area contributed by atoms with E-state index in [0.29, 0.717) is 18.5 Å². The smallest absolute Gasteiger partial charge is 0.268 e. The van der Waals surface area contributed by atoms with Crippen LogP contribution < -0.4 is 5.32 Å². The molecule has 0 bridgehead atoms. The van der Waals surface area contributed by atoms with Gasteiger partial charge >= 0.3 is 0 Å². The first-order valence-corrected chi connectivity index (χ1v) is 7.96. The number of rotatable bonds is 6. The van der Waals surface area contributed by atoms with Gasteiger partial charge in [0.05, 0.1) is 22.8 Å². The minimum absolute atomic E-state index is 0.0649. The first-order valence-electron chi connectivity index (χ1n) is 7.08. The van der Waals surface area contributed by atoms with Crippen LogP contribution >= 0.6 is 11.3 Å². The molecule has 2 aromatic rings. The third kappa shape index (κ3) is 3.33. The predicted octanol–water partition coefficient (Wildman–Crippen LogP) is 2.73. The van der Waals surface area contributed by atoms with Gasteiger partial charge in [-0.1, -0.05) is 13.8 Å². The van der Waals surface area contributed by atoms with E-state index in [1.54, 1.807) is 23.6 Å². The Morgan fingerprint density at radius 2 is 2.19 bits per heavy atom. The van der Waals surface area contributed by atoms with E-state index in [9.17, 15) is 9.90 Å². The number of aliphatic hydroxyl groups excluding tert-OH is 1. The van der Waals surface area contributed by atoms with Crippen LogP contribution in [-0.2, 0) is 0 Å². The van der Waals surface area contributed by atoms with E-state index in [0.717, 1.165) is 16.3 Å². The molecule has 2 heterocycles. The third-order valence-electron chi connectivity index (χ3n) is 3.88. The fraction of sp³-hybridized carbons (Fsp3) is 0.467. The number of amides is 1. The zero-order valence-corrected chi connectivity index (χ0v) is 13.4. The maximum atomic E-state index is 12.3. The number of aliphatic hydroxyl groups is 1. The average Bonchev–Trinajstić information content (AvgIpc) is 3.13. The minimum atomic E-state index is -0.556. The van der Waals surface area contributed by atoms with Crippen LogP contribution in [0.5, 0.6) is 0 Å². The summed E-state index contributed by atoms with van der Waals surface area (Å²) in [7, 11) is 0. The Labute approximate surface area is 128 Å². The van der Waals surface area contributed by atoms with Crippen molar-refractivity contribution in [2.24, 2.45) is 0 Å². The average molecular weight is 307 g/mol. The zero-order valence-electron chi connectivity index (χ0n) is 12.6. The van der Waals surface area contributed by atoms with Crippen molar-refractivity contribution in [3.05, 3.63) is 28.3 Å². The standard InChI is InChI=1S/C15H21N3O2S/c1-4-15(5-2,9-19)18-14(20)12-6-11(7-16-12)13-8-21-10(3)17-13/h6-8,16,19H,4-5,9H2,1-3H3,(H,18,20). The highest BCUT2D eigenvalue weighted by atomic mass is 32.1. The van der Waals surface area contributed by atoms with E-state index in [1.807, 2.05) is 26.2 Å². The Bertz CT molecular complexity index is 606. The molecule has 0 aliphatic heterocycles. The van der Waals surface area contributed by atoms with Gasteiger partial charge in [0.15, 0.2) is 0 Å². The molecule has 0 saturated heterocycles. The first kappa shape index (κ1) is 15.7. The monoisotopic (exact) mass is 307 g/mol. The normalized spacial score (nSPS) is 11.6. The van der Waals surface area contributed by atoms with Gasteiger partial charge in [-0.3, -0.25) is 4.79 Å². The lowest BCUT2D eigenvalue weighted by molar-refractivity contribution is 0.0813. The van der Waals surface area contributed by atoms with Crippen molar-refractivity contribution < 1.29 is 9.90 Å². The van der Waals surface area contributed by atoms with Crippen molar-refractivity contribution in [2.75, 3.05) is 6.61 Å². The third-order valence-corrected chi connectivity index (χ3v) is 4.65. The van der Waals surface area contributed by atoms with E-state index in [4.69, 9.17) is 0 Å². The number of aryl methyl sites for hydroxylation is 1. The van der Waals surface area contributed by atoms with E-state index < -0.39 is 5.54 Å². The van der Waals surface area contributed by atoms with Crippen LogP contribution in [0.3, 0.4) is 0 Å². The molecule has 6 heteroatoms. The van der Waals surface area contributed by atoms with Crippen molar-refractivity contribution >= 4 is 17.2 Å². The second kappa shape index (κ2) is 6.41. The second-order valence-electron chi connectivity index (χ2n) is 5.15. The number of nitrogens with one attached hydrogen (secondary N) is 2. The van der Waals surface area contributed by atoms with Gasteiger partial charge in [0.25, 0.3) is 5.91 Å². The summed E-state index contributed by atoms with van der Waals surface area (Å²) >= 11 is 1.58. The Kier molecular flexibility index (Phi) is 4.80. The highest BCUT2D eigenvalue weighted by molar-refractivity contribution is 7.09. The number of hydrogen-bond acceptors (Lipinski definition) is 4. The molecule has 0 saturated carbocycles. The molecule has 0 aliphatic carbocycles. The lowest BCUT2D eigenvalue weighted by atomic mass is 9.93. The summed E-state index contributed by atoms with van der Waals surface area (Å²) in [5.41, 5.74) is 1.69. The molecule has 0 spiro atoms. The maximum Gasteiger partial charge on any atom is 0.268 e. The van der Waals surface area contributed by atoms with Crippen LogP contribution in [0.2, 0.25) is 0 Å². The highest BCUT2D eigenvalue weighted by Gasteiger charge is 2.28. The fourth-order valence-electron chi connectivity index (χ4n) is 2.17. The summed E-state index contributed by atoms with van der Waals surface area (Å²) in [4.78, 5) is 19.7. The van der Waals surface area contributed by atoms with Crippen molar-refractivity contribution in [3.63, 3.8) is 0 Å². The largest absolute Gasteiger partial charge is 0.394 e. The van der Waals surface area contributed by atoms with E-state index in [1.165, 1.54) is 0 Å². The summed E-state index contributed by atoms with van der Waals surface area (Å²) in [5, 5.41) is 15.4. The fourth-order valence-corrected chi connectivity index (χ4v) is 2.79. The molecule has 3 N–H and O–H groups in total. The number of nitrogens with zero attached hydrogens (tertiary/aromatic N) is 1. The number of aromatic amines is 1. The molecule has 114 valence electrons. The molecular weight excluding hydrogens is 286 g/mol. The minimum Gasteiger partial charge on any atom is -0.394 e. The van der Waals surface area contributed by atoms with E-state index >= 15 is 0 Å². The Morgan fingerprint density at radius 1 is 1.48 bits per heavy atom. The van der Waals surface area contributed by atoms with Gasteiger partial charge < -0.3 is 15.4 Å². The van der Waals surface area contributed by atoms with Crippen LogP contribution in [-0.4, -0.2) is 33.1 Å². The Balaban J connectivity index is 2.16. The van der Waals surface area contributed by atoms with Crippen molar-refractivity contribution in [3.8, 4) is 11.3 Å². The Hall–Kier alpha value is -1.66. The summed E-state index contributed by atoms with van der Waals surface area (Å²) in [6.07, 6.45) is 3.15. The number of carbonyl (C=O) groups excluding carboxylic acids is 1. The summed E-state index contributed by atoms with van der Waals surface area (Å²) in [6.45, 7) is 5.80. The number of H-pyrrole nitrogens is 1. The summed E-state index contributed by atoms with van der Waals surface area (Å²) < 4.78 is 0. The van der Waals surface area contributed by atoms with Crippen LogP contribution in [0, 0.1) is 6.92 Å². The van der Waals surface area contributed by atoms with Gasteiger partial charge in [-0.25, -0.2) is 4.98 Å². The van der Waals surface area contributed by atoms with Crippen molar-refractivity contribution in [2.45, 2.75) is 39.2 Å². The number of thiazole rings is 1. The molecule has 21 heavy (non-hydrogen) atoms. The van der Waals surface area contributed by atoms with E-state index in [2.05, 4.69) is 15.3 Å². The molecule has 0 aliphatic rings. The van der Waals surface area contributed by atoms with Gasteiger partial charge in [0, 0.05) is 17.1 Å². The predicted molar refractivity (Wildman–Crippen MR) is 84.5 cm³/mol. The van der Waals surface area contributed by atoms with Gasteiger partial charge in [0.1, 0.15) is 5.69 Å².